The third-order valence-corrected chi connectivity index (χ3v) is 7.06. The SMILES string of the molecule is CN(C)c1ccc(O)c2c1C[C@H]1C[C@H]3[C@H](N(C)C)C(=O)C(C(N)=O)=C(O)[C@@]3(O)C(=O)C1=C2O.O.O. The second-order valence-corrected chi connectivity index (χ2v) is 9.31. The normalized spacial score (nSPS) is 27.4. The molecule has 0 unspecified atom stereocenters. The van der Waals surface area contributed by atoms with E-state index in [2.05, 4.69) is 0 Å². The van der Waals surface area contributed by atoms with Gasteiger partial charge in [0.25, 0.3) is 5.91 Å². The maximum Gasteiger partial charge on any atom is 0.255 e. The summed E-state index contributed by atoms with van der Waals surface area (Å²) in [5.74, 6) is -6.54. The van der Waals surface area contributed by atoms with Crippen LogP contribution in [0.25, 0.3) is 5.76 Å². The highest BCUT2D eigenvalue weighted by Gasteiger charge is 2.64. The fourth-order valence-corrected chi connectivity index (χ4v) is 5.65. The third kappa shape index (κ3) is 3.57. The molecule has 0 spiro atoms. The standard InChI is InChI=1S/C23H27N3O7.2H2O/c1-25(2)12-5-6-13(27)15-10(12)7-9-8-11-17(26(3)4)19(29)16(22(24)32)21(31)23(11,33)20(30)14(9)18(15)28;;/h5-6,9,11,17,27-28,31,33H,7-8H2,1-4H3,(H2,24,32);2*1H2/t9-,11-,17-,23-;;/m0../s1. The van der Waals surface area contributed by atoms with Gasteiger partial charge in [0.2, 0.25) is 5.78 Å². The summed E-state index contributed by atoms with van der Waals surface area (Å²) in [6.45, 7) is 0. The molecule has 0 radical (unpaired) electrons. The van der Waals surface area contributed by atoms with Crippen LogP contribution in [0.4, 0.5) is 5.69 Å². The number of nitrogens with two attached hydrogens (primary N) is 1. The molecule has 0 aliphatic heterocycles. The van der Waals surface area contributed by atoms with Gasteiger partial charge < -0.3 is 42.0 Å². The lowest BCUT2D eigenvalue weighted by molar-refractivity contribution is -0.153. The van der Waals surface area contributed by atoms with E-state index >= 15 is 0 Å². The van der Waals surface area contributed by atoms with Crippen LogP contribution in [0.2, 0.25) is 0 Å². The van der Waals surface area contributed by atoms with Crippen molar-refractivity contribution in [3.8, 4) is 5.75 Å². The quantitative estimate of drug-likeness (QED) is 0.304. The van der Waals surface area contributed by atoms with Crippen molar-refractivity contribution in [3.05, 3.63) is 40.2 Å². The first-order valence-electron chi connectivity index (χ1n) is 10.5. The van der Waals surface area contributed by atoms with E-state index in [1.54, 1.807) is 20.2 Å². The molecule has 12 nitrogen and oxygen atoms in total. The summed E-state index contributed by atoms with van der Waals surface area (Å²) in [6.07, 6.45) is 0.324. The van der Waals surface area contributed by atoms with Crippen molar-refractivity contribution < 1.29 is 45.8 Å². The number of fused-ring (bicyclic) bond motifs is 3. The average molecular weight is 494 g/mol. The van der Waals surface area contributed by atoms with Crippen molar-refractivity contribution in [1.29, 1.82) is 0 Å². The Bertz CT molecular complexity index is 1170. The van der Waals surface area contributed by atoms with Gasteiger partial charge >= 0.3 is 0 Å². The molecular weight excluding hydrogens is 462 g/mol. The Morgan fingerprint density at radius 2 is 1.69 bits per heavy atom. The largest absolute Gasteiger partial charge is 0.508 e. The van der Waals surface area contributed by atoms with Crippen LogP contribution >= 0.6 is 0 Å². The van der Waals surface area contributed by atoms with E-state index < -0.39 is 58.0 Å². The molecule has 3 aliphatic rings. The zero-order valence-electron chi connectivity index (χ0n) is 19.8. The fraction of sp³-hybridized carbons (Fsp3) is 0.435. The van der Waals surface area contributed by atoms with E-state index in [4.69, 9.17) is 5.73 Å². The van der Waals surface area contributed by atoms with Crippen molar-refractivity contribution in [2.75, 3.05) is 33.1 Å². The van der Waals surface area contributed by atoms with Crippen molar-refractivity contribution in [3.63, 3.8) is 0 Å². The van der Waals surface area contributed by atoms with Gasteiger partial charge in [-0.05, 0) is 50.6 Å². The molecule has 0 heterocycles. The molecule has 192 valence electrons. The summed E-state index contributed by atoms with van der Waals surface area (Å²) >= 11 is 0. The number of phenolic OH excluding ortho intramolecular Hbond substituents is 1. The van der Waals surface area contributed by atoms with Crippen LogP contribution in [-0.2, 0) is 20.8 Å². The molecule has 1 aromatic carbocycles. The van der Waals surface area contributed by atoms with Gasteiger partial charge in [0.1, 0.15) is 22.8 Å². The Balaban J connectivity index is 0.00000216. The number of carbonyl (C=O) groups excluding carboxylic acids is 3. The van der Waals surface area contributed by atoms with Gasteiger partial charge in [-0.25, -0.2) is 0 Å². The minimum absolute atomic E-state index is 0. The van der Waals surface area contributed by atoms with Crippen LogP contribution in [0.3, 0.4) is 0 Å². The number of carbonyl (C=O) groups is 3. The summed E-state index contributed by atoms with van der Waals surface area (Å²) in [5.41, 5.74) is 3.15. The number of rotatable bonds is 3. The van der Waals surface area contributed by atoms with Crippen molar-refractivity contribution in [2.45, 2.75) is 24.5 Å². The van der Waals surface area contributed by atoms with Crippen LogP contribution in [0.5, 0.6) is 5.75 Å². The Labute approximate surface area is 201 Å². The first-order valence-corrected chi connectivity index (χ1v) is 10.5. The minimum Gasteiger partial charge on any atom is -0.508 e. The topological polar surface area (TPSA) is 228 Å². The highest BCUT2D eigenvalue weighted by molar-refractivity contribution is 6.24. The zero-order valence-corrected chi connectivity index (χ0v) is 19.8. The highest BCUT2D eigenvalue weighted by atomic mass is 16.3. The summed E-state index contributed by atoms with van der Waals surface area (Å²) in [4.78, 5) is 42.0. The van der Waals surface area contributed by atoms with Crippen LogP contribution in [0.1, 0.15) is 17.5 Å². The molecule has 0 aromatic heterocycles. The number of amides is 1. The second-order valence-electron chi connectivity index (χ2n) is 9.31. The number of aliphatic hydroxyl groups excluding tert-OH is 2. The third-order valence-electron chi connectivity index (χ3n) is 7.06. The molecule has 3 aliphatic carbocycles. The molecule has 1 aromatic rings. The summed E-state index contributed by atoms with van der Waals surface area (Å²) in [5, 5.41) is 43.9. The van der Waals surface area contributed by atoms with E-state index in [9.17, 15) is 34.8 Å². The van der Waals surface area contributed by atoms with Crippen LogP contribution in [-0.4, -0.2) is 93.6 Å². The molecular formula is C23H31N3O9. The number of benzene rings is 1. The number of Topliss-reactive ketones (excluding diaryl/α,β-unsaturated/α-hetero) is 2. The lowest BCUT2D eigenvalue weighted by atomic mass is 9.57. The molecule has 4 atom stereocenters. The second kappa shape index (κ2) is 8.96. The number of aromatic hydroxyl groups is 1. The number of phenols is 1. The fourth-order valence-electron chi connectivity index (χ4n) is 5.65. The Hall–Kier alpha value is -3.45. The zero-order chi connectivity index (χ0) is 24.6. The number of primary amides is 1. The van der Waals surface area contributed by atoms with Crippen LogP contribution in [0, 0.1) is 11.8 Å². The molecule has 0 saturated heterocycles. The van der Waals surface area contributed by atoms with Gasteiger partial charge in [0, 0.05) is 31.3 Å². The molecule has 1 amide bonds. The van der Waals surface area contributed by atoms with Gasteiger partial charge in [-0.1, -0.05) is 0 Å². The lowest BCUT2D eigenvalue weighted by Gasteiger charge is -2.50. The first-order chi connectivity index (χ1) is 15.3. The number of anilines is 1. The van der Waals surface area contributed by atoms with E-state index in [1.807, 2.05) is 19.0 Å². The Kier molecular flexibility index (Phi) is 7.12. The van der Waals surface area contributed by atoms with Crippen molar-refractivity contribution in [2.24, 2.45) is 17.6 Å². The van der Waals surface area contributed by atoms with Crippen molar-refractivity contribution >= 4 is 28.9 Å². The van der Waals surface area contributed by atoms with E-state index in [0.717, 1.165) is 5.69 Å². The summed E-state index contributed by atoms with van der Waals surface area (Å²) < 4.78 is 0. The molecule has 10 N–H and O–H groups in total. The molecule has 1 saturated carbocycles. The van der Waals surface area contributed by atoms with E-state index in [-0.39, 0.29) is 40.7 Å². The predicted molar refractivity (Wildman–Crippen MR) is 126 cm³/mol. The molecule has 0 bridgehead atoms. The Morgan fingerprint density at radius 1 is 1.09 bits per heavy atom. The monoisotopic (exact) mass is 493 g/mol. The predicted octanol–water partition coefficient (Wildman–Crippen LogP) is -1.62. The number of likely N-dealkylation sites (N-methyl/N-ethyl adjacent to an activating group) is 1. The van der Waals surface area contributed by atoms with Gasteiger partial charge in [-0.3, -0.25) is 19.3 Å². The smallest absolute Gasteiger partial charge is 0.255 e. The van der Waals surface area contributed by atoms with Gasteiger partial charge in [-0.15, -0.1) is 0 Å². The molecule has 12 heteroatoms. The van der Waals surface area contributed by atoms with Gasteiger partial charge in [-0.2, -0.15) is 0 Å². The maximum absolute atomic E-state index is 13.7. The molecule has 35 heavy (non-hydrogen) atoms. The summed E-state index contributed by atoms with van der Waals surface area (Å²) in [7, 11) is 6.75. The maximum atomic E-state index is 13.7. The average Bonchev–Trinajstić information content (AvgIpc) is 2.70. The number of hydrogen-bond donors (Lipinski definition) is 5. The van der Waals surface area contributed by atoms with Gasteiger partial charge in [0.15, 0.2) is 11.4 Å². The highest BCUT2D eigenvalue weighted by Crippen LogP contribution is 2.53. The molecule has 4 rings (SSSR count). The van der Waals surface area contributed by atoms with Crippen LogP contribution in [0.15, 0.2) is 29.0 Å². The minimum atomic E-state index is -2.63. The lowest BCUT2D eigenvalue weighted by Crippen LogP contribution is -2.65. The summed E-state index contributed by atoms with van der Waals surface area (Å²) in [6, 6.07) is 2.01. The van der Waals surface area contributed by atoms with E-state index in [1.165, 1.54) is 11.0 Å². The number of hydrogen-bond acceptors (Lipinski definition) is 9. The van der Waals surface area contributed by atoms with Gasteiger partial charge in [0.05, 0.1) is 11.6 Å². The van der Waals surface area contributed by atoms with Crippen molar-refractivity contribution in [1.82, 2.24) is 4.90 Å². The van der Waals surface area contributed by atoms with Crippen LogP contribution < -0.4 is 10.6 Å². The Morgan fingerprint density at radius 3 is 2.20 bits per heavy atom. The first kappa shape index (κ1) is 27.8. The number of ketones is 2. The number of aliphatic hydroxyl groups is 3. The van der Waals surface area contributed by atoms with E-state index in [0.29, 0.717) is 5.56 Å². The molecule has 1 fully saturated rings. The number of nitrogens with zero attached hydrogens (tertiary/aromatic N) is 2.